The number of imide groups is 1. The van der Waals surface area contributed by atoms with Crippen molar-refractivity contribution in [1.29, 1.82) is 0 Å². The van der Waals surface area contributed by atoms with Crippen LogP contribution in [0.3, 0.4) is 0 Å². The van der Waals surface area contributed by atoms with E-state index in [2.05, 4.69) is 6.08 Å². The maximum atomic E-state index is 13.5. The first-order valence-electron chi connectivity index (χ1n) is 13.4. The number of likely N-dealkylation sites (tertiary alicyclic amines) is 1. The minimum Gasteiger partial charge on any atom is -0.507 e. The Balaban J connectivity index is 1.56. The average Bonchev–Trinajstić information content (AvgIpc) is 3.47. The molecule has 2 aliphatic rings. The molecular weight excluding hydrogens is 498 g/mol. The lowest BCUT2D eigenvalue weighted by Gasteiger charge is -2.38. The van der Waals surface area contributed by atoms with Crippen LogP contribution in [-0.2, 0) is 16.1 Å². The highest BCUT2D eigenvalue weighted by atomic mass is 32.1. The Morgan fingerprint density at radius 3 is 2.45 bits per heavy atom. The monoisotopic (exact) mass is 537 g/mol. The van der Waals surface area contributed by atoms with E-state index in [1.165, 1.54) is 16.2 Å². The number of aliphatic hydroxyl groups is 2. The Hall–Kier alpha value is -2.74. The van der Waals surface area contributed by atoms with E-state index in [9.17, 15) is 24.9 Å². The summed E-state index contributed by atoms with van der Waals surface area (Å²) in [5.41, 5.74) is 5.46. The van der Waals surface area contributed by atoms with Crippen LogP contribution in [0.25, 0.3) is 6.08 Å². The maximum Gasteiger partial charge on any atom is 0.234 e. The molecule has 0 spiro atoms. The molecule has 1 saturated heterocycles. The van der Waals surface area contributed by atoms with E-state index in [4.69, 9.17) is 0 Å². The highest BCUT2D eigenvalue weighted by Gasteiger charge is 2.55. The zero-order chi connectivity index (χ0) is 27.7. The Labute approximate surface area is 229 Å². The molecule has 6 nitrogen and oxygen atoms in total. The largest absolute Gasteiger partial charge is 0.507 e. The summed E-state index contributed by atoms with van der Waals surface area (Å²) >= 11 is 1.51. The van der Waals surface area contributed by atoms with Crippen LogP contribution in [0.4, 0.5) is 0 Å². The summed E-state index contributed by atoms with van der Waals surface area (Å²) < 4.78 is 0. The van der Waals surface area contributed by atoms with E-state index in [1.807, 2.05) is 64.3 Å². The van der Waals surface area contributed by atoms with Gasteiger partial charge < -0.3 is 15.3 Å². The fraction of sp³-hybridized carbons (Fsp3) is 0.484. The van der Waals surface area contributed by atoms with E-state index in [0.29, 0.717) is 25.0 Å². The summed E-state index contributed by atoms with van der Waals surface area (Å²) in [6.07, 6.45) is 2.78. The number of carbonyl (C=O) groups excluding carboxylic acids is 2. The van der Waals surface area contributed by atoms with Crippen LogP contribution in [0.2, 0.25) is 0 Å². The number of phenolic OH excluding ortho intramolecular Hbond substituents is 1. The van der Waals surface area contributed by atoms with Crippen molar-refractivity contribution < 1.29 is 24.9 Å². The van der Waals surface area contributed by atoms with Crippen LogP contribution in [0, 0.1) is 37.5 Å². The molecule has 2 amide bonds. The quantitative estimate of drug-likeness (QED) is 0.295. The van der Waals surface area contributed by atoms with Crippen LogP contribution >= 0.6 is 11.3 Å². The van der Waals surface area contributed by atoms with Gasteiger partial charge >= 0.3 is 0 Å². The molecular formula is C31H39NO5S. The zero-order valence-electron chi connectivity index (χ0n) is 22.9. The highest BCUT2D eigenvalue weighted by Crippen LogP contribution is 2.48. The molecule has 1 aliphatic heterocycles. The number of thiophene rings is 1. The maximum absolute atomic E-state index is 13.5. The SMILES string of the molecule is C/C(=C\c1cc(C)c(O)c(C)c1)CC[C@@H](O)C1=C(C(C)C)C[C@H]2C(=O)N(Cc3cccs3)C(=O)[C@H]2[C@H]1CO. The third-order valence-electron chi connectivity index (χ3n) is 8.10. The molecule has 204 valence electrons. The molecule has 2 aromatic rings. The van der Waals surface area contributed by atoms with Gasteiger partial charge in [0.15, 0.2) is 0 Å². The predicted molar refractivity (Wildman–Crippen MR) is 150 cm³/mol. The van der Waals surface area contributed by atoms with Crippen molar-refractivity contribution >= 4 is 29.2 Å². The lowest BCUT2D eigenvalue weighted by Crippen LogP contribution is -2.39. The van der Waals surface area contributed by atoms with E-state index >= 15 is 0 Å². The second kappa shape index (κ2) is 11.6. The number of hydrogen-bond acceptors (Lipinski definition) is 6. The van der Waals surface area contributed by atoms with Gasteiger partial charge in [0, 0.05) is 10.8 Å². The molecule has 1 aromatic carbocycles. The summed E-state index contributed by atoms with van der Waals surface area (Å²) in [7, 11) is 0. The van der Waals surface area contributed by atoms with Gasteiger partial charge in [-0.3, -0.25) is 14.5 Å². The van der Waals surface area contributed by atoms with Crippen molar-refractivity contribution in [2.75, 3.05) is 6.61 Å². The Morgan fingerprint density at radius 1 is 1.18 bits per heavy atom. The lowest BCUT2D eigenvalue weighted by molar-refractivity contribution is -0.140. The van der Waals surface area contributed by atoms with Gasteiger partial charge in [-0.15, -0.1) is 11.3 Å². The number of aryl methyl sites for hydroxylation is 2. The molecule has 3 N–H and O–H groups in total. The third kappa shape index (κ3) is 5.51. The number of hydrogen-bond donors (Lipinski definition) is 3. The first-order valence-corrected chi connectivity index (χ1v) is 14.3. The standard InChI is InChI=1S/C31H39NO5S/c1-17(2)23-14-24-28(31(37)32(30(24)36)15-22-7-6-10-38-22)25(16-33)27(23)26(34)9-8-18(3)11-21-12-19(4)29(35)20(5)13-21/h6-7,10-13,17,24-26,28,33-35H,8-9,14-16H2,1-5H3/b18-11+/t24-,25+,26-,28-/m1/s1. The second-order valence-corrected chi connectivity index (χ2v) is 12.2. The molecule has 0 bridgehead atoms. The van der Waals surface area contributed by atoms with Crippen LogP contribution in [0.15, 0.2) is 46.4 Å². The Kier molecular flexibility index (Phi) is 8.60. The second-order valence-electron chi connectivity index (χ2n) is 11.2. The third-order valence-corrected chi connectivity index (χ3v) is 8.96. The molecule has 0 unspecified atom stereocenters. The smallest absolute Gasteiger partial charge is 0.234 e. The number of fused-ring (bicyclic) bond motifs is 1. The number of benzene rings is 1. The minimum absolute atomic E-state index is 0.0866. The number of nitrogens with zero attached hydrogens (tertiary/aromatic N) is 1. The van der Waals surface area contributed by atoms with Crippen LogP contribution in [0.5, 0.6) is 5.75 Å². The molecule has 4 atom stereocenters. The summed E-state index contributed by atoms with van der Waals surface area (Å²) in [5.74, 6) is -1.72. The van der Waals surface area contributed by atoms with Crippen molar-refractivity contribution in [3.05, 3.63) is 67.9 Å². The van der Waals surface area contributed by atoms with Gasteiger partial charge in [-0.2, -0.15) is 0 Å². The van der Waals surface area contributed by atoms with Gasteiger partial charge in [0.05, 0.1) is 31.1 Å². The van der Waals surface area contributed by atoms with E-state index in [1.54, 1.807) is 0 Å². The topological polar surface area (TPSA) is 98.1 Å². The predicted octanol–water partition coefficient (Wildman–Crippen LogP) is 5.38. The van der Waals surface area contributed by atoms with Crippen LogP contribution in [0.1, 0.15) is 61.6 Å². The van der Waals surface area contributed by atoms with E-state index in [-0.39, 0.29) is 30.9 Å². The first kappa shape index (κ1) is 28.3. The van der Waals surface area contributed by atoms with Gasteiger partial charge in [0.2, 0.25) is 11.8 Å². The number of phenols is 1. The van der Waals surface area contributed by atoms with Crippen molar-refractivity contribution in [2.24, 2.45) is 23.7 Å². The normalized spacial score (nSPS) is 23.0. The van der Waals surface area contributed by atoms with Crippen molar-refractivity contribution in [3.8, 4) is 5.75 Å². The first-order chi connectivity index (χ1) is 18.0. The van der Waals surface area contributed by atoms with E-state index in [0.717, 1.165) is 38.3 Å². The molecule has 0 saturated carbocycles. The molecule has 1 aromatic heterocycles. The molecule has 0 radical (unpaired) electrons. The summed E-state index contributed by atoms with van der Waals surface area (Å²) in [6.45, 7) is 9.84. The van der Waals surface area contributed by atoms with Gasteiger partial charge in [-0.05, 0) is 91.8 Å². The van der Waals surface area contributed by atoms with Gasteiger partial charge in [0.25, 0.3) is 0 Å². The summed E-state index contributed by atoms with van der Waals surface area (Å²) in [5, 5.41) is 33.9. The lowest BCUT2D eigenvalue weighted by atomic mass is 9.66. The fourth-order valence-corrected chi connectivity index (χ4v) is 6.87. The van der Waals surface area contributed by atoms with Gasteiger partial charge in [-0.1, -0.05) is 37.1 Å². The minimum atomic E-state index is -0.814. The van der Waals surface area contributed by atoms with E-state index < -0.39 is 23.9 Å². The molecule has 4 rings (SSSR count). The Bertz CT molecular complexity index is 1240. The number of rotatable bonds is 9. The molecule has 1 fully saturated rings. The van der Waals surface area contributed by atoms with Gasteiger partial charge in [0.1, 0.15) is 5.75 Å². The van der Waals surface area contributed by atoms with Gasteiger partial charge in [-0.25, -0.2) is 0 Å². The number of carbonyl (C=O) groups is 2. The van der Waals surface area contributed by atoms with Crippen LogP contribution < -0.4 is 0 Å². The number of aromatic hydroxyl groups is 1. The van der Waals surface area contributed by atoms with Crippen molar-refractivity contribution in [1.82, 2.24) is 4.90 Å². The molecule has 2 heterocycles. The zero-order valence-corrected chi connectivity index (χ0v) is 23.7. The summed E-state index contributed by atoms with van der Waals surface area (Å²) in [4.78, 5) is 29.2. The van der Waals surface area contributed by atoms with Crippen molar-refractivity contribution in [3.63, 3.8) is 0 Å². The Morgan fingerprint density at radius 2 is 1.87 bits per heavy atom. The van der Waals surface area contributed by atoms with Crippen LogP contribution in [-0.4, -0.2) is 44.7 Å². The fourth-order valence-electron chi connectivity index (χ4n) is 6.17. The number of allylic oxidation sites excluding steroid dienone is 2. The average molecular weight is 538 g/mol. The highest BCUT2D eigenvalue weighted by molar-refractivity contribution is 7.09. The van der Waals surface area contributed by atoms with Crippen molar-refractivity contribution in [2.45, 2.75) is 66.5 Å². The summed E-state index contributed by atoms with van der Waals surface area (Å²) in [6, 6.07) is 7.70. The molecule has 38 heavy (non-hydrogen) atoms. The number of aliphatic hydroxyl groups excluding tert-OH is 2. The molecule has 7 heteroatoms. The number of amides is 2. The molecule has 1 aliphatic carbocycles.